The molecule has 0 aromatic heterocycles. The average molecular weight is 660 g/mol. The number of phenols is 1. The Kier molecular flexibility index (Phi) is 10.2. The molecule has 6 rings (SSSR count). The molecule has 1 atom stereocenters. The molecule has 2 aliphatic heterocycles. The SMILES string of the molecule is CCC(=C(c1ccc(O)cc1)c1ccc(OCCOCCNc2ccc3c(c2)C(=O)N(C2CCC(=O)NC2=O)C3=O)cc1)c1ccccc1. The number of rotatable bonds is 13. The average Bonchev–Trinajstić information content (AvgIpc) is 3.36. The number of allylic oxidation sites excluding steroid dienone is 1. The van der Waals surface area contributed by atoms with Crippen molar-refractivity contribution in [2.24, 2.45) is 0 Å². The molecule has 4 aromatic rings. The van der Waals surface area contributed by atoms with Crippen molar-refractivity contribution < 1.29 is 33.8 Å². The van der Waals surface area contributed by atoms with Crippen molar-refractivity contribution in [1.29, 1.82) is 0 Å². The summed E-state index contributed by atoms with van der Waals surface area (Å²) in [5.74, 6) is -1.19. The van der Waals surface area contributed by atoms with E-state index in [1.807, 2.05) is 54.6 Å². The van der Waals surface area contributed by atoms with Crippen LogP contribution >= 0.6 is 0 Å². The summed E-state index contributed by atoms with van der Waals surface area (Å²) in [6.07, 6.45) is 1.02. The normalized spacial score (nSPS) is 16.3. The van der Waals surface area contributed by atoms with Gasteiger partial charge in [-0.05, 0) is 83.1 Å². The van der Waals surface area contributed by atoms with Gasteiger partial charge in [-0.3, -0.25) is 29.4 Å². The molecular weight excluding hydrogens is 622 g/mol. The molecule has 0 saturated carbocycles. The molecule has 1 fully saturated rings. The zero-order valence-corrected chi connectivity index (χ0v) is 27.1. The number of carbonyl (C=O) groups is 4. The molecule has 0 radical (unpaired) electrons. The van der Waals surface area contributed by atoms with E-state index in [0.717, 1.165) is 39.3 Å². The number of nitrogens with one attached hydrogen (secondary N) is 2. The summed E-state index contributed by atoms with van der Waals surface area (Å²) in [6.45, 7) is 3.71. The van der Waals surface area contributed by atoms with Crippen LogP contribution in [0.1, 0.15) is 63.6 Å². The summed E-state index contributed by atoms with van der Waals surface area (Å²) >= 11 is 0. The van der Waals surface area contributed by atoms with Gasteiger partial charge in [-0.1, -0.05) is 61.5 Å². The molecule has 1 saturated heterocycles. The van der Waals surface area contributed by atoms with Crippen LogP contribution < -0.4 is 15.4 Å². The highest BCUT2D eigenvalue weighted by molar-refractivity contribution is 6.23. The topological polar surface area (TPSA) is 134 Å². The van der Waals surface area contributed by atoms with Gasteiger partial charge in [0.15, 0.2) is 0 Å². The number of benzene rings is 4. The number of hydrogen-bond donors (Lipinski definition) is 3. The monoisotopic (exact) mass is 659 g/mol. The molecule has 1 unspecified atom stereocenters. The van der Waals surface area contributed by atoms with E-state index >= 15 is 0 Å². The molecule has 250 valence electrons. The number of phenolic OH excluding ortho intramolecular Hbond substituents is 1. The Morgan fingerprint density at radius 1 is 0.816 bits per heavy atom. The van der Waals surface area contributed by atoms with Gasteiger partial charge in [-0.25, -0.2) is 0 Å². The minimum Gasteiger partial charge on any atom is -0.508 e. The van der Waals surface area contributed by atoms with Crippen molar-refractivity contribution >= 4 is 40.5 Å². The fourth-order valence-electron chi connectivity index (χ4n) is 6.19. The Morgan fingerprint density at radius 2 is 1.51 bits per heavy atom. The Hall–Kier alpha value is -5.74. The molecule has 3 N–H and O–H groups in total. The molecular formula is C39H37N3O7. The molecule has 2 heterocycles. The zero-order valence-electron chi connectivity index (χ0n) is 27.1. The molecule has 10 heteroatoms. The minimum atomic E-state index is -0.997. The lowest BCUT2D eigenvalue weighted by Gasteiger charge is -2.27. The number of carbonyl (C=O) groups excluding carboxylic acids is 4. The smallest absolute Gasteiger partial charge is 0.262 e. The number of amides is 4. The Morgan fingerprint density at radius 3 is 2.20 bits per heavy atom. The largest absolute Gasteiger partial charge is 0.508 e. The van der Waals surface area contributed by atoms with Crippen LogP contribution in [0.15, 0.2) is 97.1 Å². The minimum absolute atomic E-state index is 0.0729. The van der Waals surface area contributed by atoms with Crippen LogP contribution in [-0.2, 0) is 14.3 Å². The molecule has 0 spiro atoms. The van der Waals surface area contributed by atoms with Gasteiger partial charge in [0.05, 0.1) is 24.3 Å². The quantitative estimate of drug-likeness (QED) is 0.0950. The predicted molar refractivity (Wildman–Crippen MR) is 185 cm³/mol. The first-order valence-electron chi connectivity index (χ1n) is 16.3. The lowest BCUT2D eigenvalue weighted by molar-refractivity contribution is -0.136. The first-order valence-corrected chi connectivity index (χ1v) is 16.3. The zero-order chi connectivity index (χ0) is 34.3. The molecule has 4 aromatic carbocycles. The molecule has 0 aliphatic carbocycles. The standard InChI is InChI=1S/C39H37N3O7/c1-2-31(25-6-4-3-5-7-25)36(26-8-13-29(43)14-9-26)27-10-15-30(16-11-27)49-23-22-48-21-20-40-28-12-17-32-33(24-28)39(47)42(38(32)46)34-18-19-35(44)41-37(34)45/h3-17,24,34,40,43H,2,18-23H2,1H3,(H,41,44,45). The van der Waals surface area contributed by atoms with Crippen molar-refractivity contribution in [3.63, 3.8) is 0 Å². The van der Waals surface area contributed by atoms with Crippen LogP contribution in [0.25, 0.3) is 11.1 Å². The number of hydrogen-bond acceptors (Lipinski definition) is 8. The van der Waals surface area contributed by atoms with Crippen LogP contribution in [0.5, 0.6) is 11.5 Å². The van der Waals surface area contributed by atoms with Crippen LogP contribution in [-0.4, -0.2) is 66.0 Å². The first-order chi connectivity index (χ1) is 23.8. The van der Waals surface area contributed by atoms with Gasteiger partial charge in [0, 0.05) is 18.7 Å². The predicted octanol–water partition coefficient (Wildman–Crippen LogP) is 5.67. The Balaban J connectivity index is 0.995. The van der Waals surface area contributed by atoms with Crippen LogP contribution in [0.4, 0.5) is 5.69 Å². The van der Waals surface area contributed by atoms with Gasteiger partial charge < -0.3 is 19.9 Å². The van der Waals surface area contributed by atoms with Crippen LogP contribution in [0.3, 0.4) is 0 Å². The van der Waals surface area contributed by atoms with E-state index < -0.39 is 29.7 Å². The van der Waals surface area contributed by atoms with E-state index in [0.29, 0.717) is 32.1 Å². The van der Waals surface area contributed by atoms with Crippen molar-refractivity contribution in [3.05, 3.63) is 125 Å². The summed E-state index contributed by atoms with van der Waals surface area (Å²) in [7, 11) is 0. The highest BCUT2D eigenvalue weighted by atomic mass is 16.5. The van der Waals surface area contributed by atoms with Gasteiger partial charge in [-0.15, -0.1) is 0 Å². The second-order valence-electron chi connectivity index (χ2n) is 11.7. The van der Waals surface area contributed by atoms with Gasteiger partial charge in [0.1, 0.15) is 24.1 Å². The highest BCUT2D eigenvalue weighted by Crippen LogP contribution is 2.36. The number of nitrogens with zero attached hydrogens (tertiary/aromatic N) is 1. The van der Waals surface area contributed by atoms with E-state index in [4.69, 9.17) is 9.47 Å². The molecule has 4 amide bonds. The lowest BCUT2D eigenvalue weighted by Crippen LogP contribution is -2.54. The molecule has 0 bridgehead atoms. The third-order valence-electron chi connectivity index (χ3n) is 8.59. The first kappa shape index (κ1) is 33.2. The number of anilines is 1. The lowest BCUT2D eigenvalue weighted by atomic mass is 9.88. The summed E-state index contributed by atoms with van der Waals surface area (Å²) in [5, 5.41) is 15.3. The number of piperidine rings is 1. The molecule has 49 heavy (non-hydrogen) atoms. The Bertz CT molecular complexity index is 1890. The number of imide groups is 2. The van der Waals surface area contributed by atoms with E-state index in [2.05, 4.69) is 29.7 Å². The molecule has 10 nitrogen and oxygen atoms in total. The van der Waals surface area contributed by atoms with Gasteiger partial charge in [-0.2, -0.15) is 0 Å². The third-order valence-corrected chi connectivity index (χ3v) is 8.59. The summed E-state index contributed by atoms with van der Waals surface area (Å²) in [4.78, 5) is 50.7. The maximum atomic E-state index is 13.0. The number of aromatic hydroxyl groups is 1. The number of ether oxygens (including phenoxy) is 2. The van der Waals surface area contributed by atoms with E-state index in [1.54, 1.807) is 30.3 Å². The van der Waals surface area contributed by atoms with Gasteiger partial charge in [0.25, 0.3) is 11.8 Å². The van der Waals surface area contributed by atoms with E-state index in [9.17, 15) is 24.3 Å². The van der Waals surface area contributed by atoms with Crippen molar-refractivity contribution in [2.75, 3.05) is 31.7 Å². The second-order valence-corrected chi connectivity index (χ2v) is 11.7. The summed E-state index contributed by atoms with van der Waals surface area (Å²) < 4.78 is 11.7. The molecule has 2 aliphatic rings. The fourth-order valence-corrected chi connectivity index (χ4v) is 6.19. The Labute approximate surface area is 284 Å². The van der Waals surface area contributed by atoms with Crippen LogP contribution in [0.2, 0.25) is 0 Å². The van der Waals surface area contributed by atoms with Crippen molar-refractivity contribution in [1.82, 2.24) is 10.2 Å². The maximum Gasteiger partial charge on any atom is 0.262 e. The second kappa shape index (κ2) is 15.0. The number of fused-ring (bicyclic) bond motifs is 1. The third kappa shape index (κ3) is 7.39. The van der Waals surface area contributed by atoms with Crippen LogP contribution in [0, 0.1) is 0 Å². The van der Waals surface area contributed by atoms with Crippen molar-refractivity contribution in [3.8, 4) is 11.5 Å². The highest BCUT2D eigenvalue weighted by Gasteiger charge is 2.44. The van der Waals surface area contributed by atoms with Gasteiger partial charge in [0.2, 0.25) is 11.8 Å². The van der Waals surface area contributed by atoms with Crippen molar-refractivity contribution in [2.45, 2.75) is 32.2 Å². The summed E-state index contributed by atoms with van der Waals surface area (Å²) in [6, 6.07) is 29.4. The van der Waals surface area contributed by atoms with E-state index in [1.165, 1.54) is 5.57 Å². The summed E-state index contributed by atoms with van der Waals surface area (Å²) in [5.41, 5.74) is 6.61. The van der Waals surface area contributed by atoms with E-state index in [-0.39, 0.29) is 29.7 Å². The van der Waals surface area contributed by atoms with Gasteiger partial charge >= 0.3 is 0 Å². The maximum absolute atomic E-state index is 13.0. The fraction of sp³-hybridized carbons (Fsp3) is 0.231.